The average Bonchev–Trinajstić information content (AvgIpc) is 2.58. The number of hydrogen-bond donors (Lipinski definition) is 0. The summed E-state index contributed by atoms with van der Waals surface area (Å²) in [5.41, 5.74) is 2.11. The van der Waals surface area contributed by atoms with E-state index in [4.69, 9.17) is 9.47 Å². The molecule has 0 fully saturated rings. The summed E-state index contributed by atoms with van der Waals surface area (Å²) < 4.78 is 11.6. The molecule has 0 aliphatic heterocycles. The summed E-state index contributed by atoms with van der Waals surface area (Å²) >= 11 is 0. The third-order valence-corrected chi connectivity index (χ3v) is 4.29. The first-order valence-corrected chi connectivity index (χ1v) is 8.69. The lowest BCUT2D eigenvalue weighted by Gasteiger charge is -2.23. The molecule has 1 atom stereocenters. The minimum atomic E-state index is -0.331. The Hall–Kier alpha value is -2.29. The molecule has 0 saturated heterocycles. The Morgan fingerprint density at radius 1 is 1.21 bits per heavy atom. The van der Waals surface area contributed by atoms with E-state index in [1.54, 1.807) is 0 Å². The zero-order chi connectivity index (χ0) is 17.1. The Bertz CT molecular complexity index is 774. The van der Waals surface area contributed by atoms with Gasteiger partial charge in [-0.15, -0.1) is 0 Å². The van der Waals surface area contributed by atoms with Crippen molar-refractivity contribution in [2.45, 2.75) is 39.7 Å². The molecule has 24 heavy (non-hydrogen) atoms. The zero-order valence-electron chi connectivity index (χ0n) is 14.5. The molecule has 0 amide bonds. The second-order valence-corrected chi connectivity index (χ2v) is 6.50. The first kappa shape index (κ1) is 16.6. The van der Waals surface area contributed by atoms with E-state index >= 15 is 0 Å². The van der Waals surface area contributed by atoms with Crippen LogP contribution < -0.4 is 4.74 Å². The van der Waals surface area contributed by atoms with Gasteiger partial charge in [-0.1, -0.05) is 57.5 Å². The Morgan fingerprint density at radius 2 is 2.04 bits per heavy atom. The number of rotatable bonds is 6. The Kier molecular flexibility index (Phi) is 4.89. The smallest absolute Gasteiger partial charge is 0.309 e. The van der Waals surface area contributed by atoms with Crippen LogP contribution in [0, 0.1) is 5.92 Å². The Labute approximate surface area is 143 Å². The van der Waals surface area contributed by atoms with Crippen molar-refractivity contribution in [2.24, 2.45) is 5.92 Å². The second kappa shape index (κ2) is 7.08. The first-order chi connectivity index (χ1) is 11.6. The molecule has 0 spiro atoms. The summed E-state index contributed by atoms with van der Waals surface area (Å²) in [6.45, 7) is 6.57. The third-order valence-electron chi connectivity index (χ3n) is 4.29. The fourth-order valence-electron chi connectivity index (χ4n) is 2.92. The number of hydrogen-bond acceptors (Lipinski definition) is 3. The highest BCUT2D eigenvalue weighted by Gasteiger charge is 2.23. The second-order valence-electron chi connectivity index (χ2n) is 6.50. The Morgan fingerprint density at radius 3 is 2.79 bits per heavy atom. The molecular weight excluding hydrogens is 300 g/mol. The van der Waals surface area contributed by atoms with Gasteiger partial charge >= 0.3 is 5.97 Å². The van der Waals surface area contributed by atoms with Crippen molar-refractivity contribution in [3.8, 4) is 5.75 Å². The molecular formula is C21H24O3. The number of benzene rings is 2. The molecule has 1 aliphatic carbocycles. The fourth-order valence-corrected chi connectivity index (χ4v) is 2.92. The van der Waals surface area contributed by atoms with Crippen LogP contribution >= 0.6 is 0 Å². The summed E-state index contributed by atoms with van der Waals surface area (Å²) in [5.74, 6) is 0.580. The van der Waals surface area contributed by atoms with Gasteiger partial charge in [0.1, 0.15) is 11.9 Å². The molecule has 0 radical (unpaired) electrons. The monoisotopic (exact) mass is 324 g/mol. The summed E-state index contributed by atoms with van der Waals surface area (Å²) in [5, 5.41) is 2.26. The number of carbonyl (C=O) groups excluding carboxylic acids is 1. The largest absolute Gasteiger partial charge is 0.493 e. The molecule has 126 valence electrons. The highest BCUT2D eigenvalue weighted by molar-refractivity contribution is 5.98. The maximum absolute atomic E-state index is 12.0. The lowest BCUT2D eigenvalue weighted by Crippen LogP contribution is -2.16. The van der Waals surface area contributed by atoms with Gasteiger partial charge in [-0.2, -0.15) is 0 Å². The molecule has 0 saturated carbocycles. The zero-order valence-corrected chi connectivity index (χ0v) is 14.5. The summed E-state index contributed by atoms with van der Waals surface area (Å²) in [4.78, 5) is 12.0. The van der Waals surface area contributed by atoms with E-state index in [-0.39, 0.29) is 18.0 Å². The molecule has 3 nitrogen and oxygen atoms in total. The Balaban J connectivity index is 1.99. The van der Waals surface area contributed by atoms with Gasteiger partial charge in [0.15, 0.2) is 0 Å². The average molecular weight is 324 g/mol. The van der Waals surface area contributed by atoms with Gasteiger partial charge in [-0.05, 0) is 29.3 Å². The van der Waals surface area contributed by atoms with Gasteiger partial charge in [0.2, 0.25) is 0 Å². The topological polar surface area (TPSA) is 35.5 Å². The van der Waals surface area contributed by atoms with Crippen LogP contribution in [0.4, 0.5) is 0 Å². The molecule has 0 aromatic heterocycles. The molecule has 2 aromatic rings. The highest BCUT2D eigenvalue weighted by atomic mass is 16.5. The van der Waals surface area contributed by atoms with Gasteiger partial charge in [0.05, 0.1) is 12.5 Å². The normalized spacial score (nSPS) is 15.8. The van der Waals surface area contributed by atoms with Crippen LogP contribution in [0.5, 0.6) is 5.75 Å². The highest BCUT2D eigenvalue weighted by Crippen LogP contribution is 2.40. The van der Waals surface area contributed by atoms with Gasteiger partial charge in [0.25, 0.3) is 0 Å². The van der Waals surface area contributed by atoms with E-state index in [9.17, 15) is 4.79 Å². The SMILES string of the molecule is CCCCOc1ccc2cccc3c2c1C=CC3OC(=O)C(C)C. The van der Waals surface area contributed by atoms with Gasteiger partial charge in [-0.3, -0.25) is 4.79 Å². The number of esters is 1. The molecule has 1 unspecified atom stereocenters. The number of carbonyl (C=O) groups is 1. The molecule has 0 bridgehead atoms. The maximum atomic E-state index is 12.0. The quantitative estimate of drug-likeness (QED) is 0.535. The third kappa shape index (κ3) is 3.16. The maximum Gasteiger partial charge on any atom is 0.309 e. The van der Waals surface area contributed by atoms with Crippen molar-refractivity contribution >= 4 is 22.8 Å². The summed E-state index contributed by atoms with van der Waals surface area (Å²) in [6, 6.07) is 10.2. The van der Waals surface area contributed by atoms with Gasteiger partial charge in [0, 0.05) is 11.1 Å². The summed E-state index contributed by atoms with van der Waals surface area (Å²) in [6.07, 6.45) is 5.79. The van der Waals surface area contributed by atoms with Crippen LogP contribution in [0.2, 0.25) is 0 Å². The van der Waals surface area contributed by atoms with E-state index < -0.39 is 0 Å². The lowest BCUT2D eigenvalue weighted by atomic mass is 9.90. The van der Waals surface area contributed by atoms with Crippen molar-refractivity contribution in [1.82, 2.24) is 0 Å². The first-order valence-electron chi connectivity index (χ1n) is 8.69. The molecule has 0 heterocycles. The van der Waals surface area contributed by atoms with Gasteiger partial charge in [-0.25, -0.2) is 0 Å². The fraction of sp³-hybridized carbons (Fsp3) is 0.381. The van der Waals surface area contributed by atoms with Crippen molar-refractivity contribution < 1.29 is 14.3 Å². The van der Waals surface area contributed by atoms with E-state index in [1.807, 2.05) is 44.2 Å². The molecule has 0 N–H and O–H groups in total. The van der Waals surface area contributed by atoms with Crippen LogP contribution in [0.3, 0.4) is 0 Å². The molecule has 3 rings (SSSR count). The van der Waals surface area contributed by atoms with Crippen molar-refractivity contribution in [3.05, 3.63) is 47.5 Å². The van der Waals surface area contributed by atoms with Crippen LogP contribution in [0.1, 0.15) is 50.8 Å². The number of unbranched alkanes of at least 4 members (excludes halogenated alkanes) is 1. The van der Waals surface area contributed by atoms with Crippen molar-refractivity contribution in [2.75, 3.05) is 6.61 Å². The minimum absolute atomic E-state index is 0.136. The molecule has 1 aliphatic rings. The van der Waals surface area contributed by atoms with E-state index in [0.717, 1.165) is 47.1 Å². The lowest BCUT2D eigenvalue weighted by molar-refractivity contribution is -0.150. The van der Waals surface area contributed by atoms with Crippen LogP contribution in [0.25, 0.3) is 16.8 Å². The minimum Gasteiger partial charge on any atom is -0.493 e. The predicted octanol–water partition coefficient (Wildman–Crippen LogP) is 5.29. The summed E-state index contributed by atoms with van der Waals surface area (Å²) in [7, 11) is 0. The van der Waals surface area contributed by atoms with E-state index in [1.165, 1.54) is 0 Å². The van der Waals surface area contributed by atoms with Crippen molar-refractivity contribution in [1.29, 1.82) is 0 Å². The van der Waals surface area contributed by atoms with E-state index in [2.05, 4.69) is 19.1 Å². The molecule has 2 aromatic carbocycles. The van der Waals surface area contributed by atoms with E-state index in [0.29, 0.717) is 0 Å². The van der Waals surface area contributed by atoms with Crippen LogP contribution in [-0.4, -0.2) is 12.6 Å². The predicted molar refractivity (Wildman–Crippen MR) is 97.1 cm³/mol. The van der Waals surface area contributed by atoms with Crippen molar-refractivity contribution in [3.63, 3.8) is 0 Å². The standard InChI is InChI=1S/C21H24O3/c1-4-5-13-23-18-11-9-15-7-6-8-16-19(24-21(22)14(2)3)12-10-17(18)20(15)16/h6-12,14,19H,4-5,13H2,1-3H3. The van der Waals surface area contributed by atoms with Crippen LogP contribution in [0.15, 0.2) is 36.4 Å². The number of ether oxygens (including phenoxy) is 2. The van der Waals surface area contributed by atoms with Gasteiger partial charge < -0.3 is 9.47 Å². The molecule has 3 heteroatoms. The van der Waals surface area contributed by atoms with Crippen LogP contribution in [-0.2, 0) is 9.53 Å².